The van der Waals surface area contributed by atoms with Crippen LogP contribution in [0.1, 0.15) is 426 Å². The van der Waals surface area contributed by atoms with Crippen LogP contribution in [0.25, 0.3) is 0 Å². The fourth-order valence-corrected chi connectivity index (χ4v) is 14.0. The number of hydrogen-bond donors (Lipinski definition) is 3. The number of phosphoric acid groups is 2. The molecule has 0 aromatic carbocycles. The number of phosphoric ester groups is 2. The summed E-state index contributed by atoms with van der Waals surface area (Å²) in [5.41, 5.74) is 0. The van der Waals surface area contributed by atoms with Crippen LogP contribution in [-0.2, 0) is 65.4 Å². The molecule has 0 radical (unpaired) electrons. The average Bonchev–Trinajstić information content (AvgIpc) is 1.51. The van der Waals surface area contributed by atoms with Crippen LogP contribution in [0.15, 0.2) is 0 Å². The molecule has 17 nitrogen and oxygen atoms in total. The van der Waals surface area contributed by atoms with Gasteiger partial charge in [0.15, 0.2) is 12.2 Å². The lowest BCUT2D eigenvalue weighted by molar-refractivity contribution is -0.161. The molecule has 0 bridgehead atoms. The van der Waals surface area contributed by atoms with E-state index in [0.29, 0.717) is 25.7 Å². The van der Waals surface area contributed by atoms with Gasteiger partial charge in [0.05, 0.1) is 26.4 Å². The number of esters is 4. The van der Waals surface area contributed by atoms with Crippen LogP contribution in [0, 0.1) is 5.92 Å². The Labute approximate surface area is 607 Å². The summed E-state index contributed by atoms with van der Waals surface area (Å²) in [6, 6.07) is 0. The van der Waals surface area contributed by atoms with E-state index in [1.54, 1.807) is 0 Å². The monoisotopic (exact) mass is 1450 g/mol. The summed E-state index contributed by atoms with van der Waals surface area (Å²) >= 11 is 0. The van der Waals surface area contributed by atoms with Gasteiger partial charge < -0.3 is 33.8 Å². The SMILES string of the molecule is CCCCCCCCCCCCCCCCCC(=O)OC[C@H](COP(=O)(O)OC[C@@H](O)COP(=O)(O)OC[C@@H](COC(=O)CCCCCCCCCCCCCCC)OC(=O)CCCCCCCCCCCCCCC)OC(=O)CCCCCCCCCCCCCCCCCC(C)C. The van der Waals surface area contributed by atoms with Gasteiger partial charge >= 0.3 is 39.5 Å². The van der Waals surface area contributed by atoms with Crippen LogP contribution in [0.5, 0.6) is 0 Å². The summed E-state index contributed by atoms with van der Waals surface area (Å²) in [4.78, 5) is 73.0. The van der Waals surface area contributed by atoms with Gasteiger partial charge in [0.25, 0.3) is 0 Å². The Morgan fingerprint density at radius 3 is 0.687 bits per heavy atom. The highest BCUT2D eigenvalue weighted by Gasteiger charge is 2.30. The van der Waals surface area contributed by atoms with Gasteiger partial charge in [-0.3, -0.25) is 37.3 Å². The molecule has 0 aromatic heterocycles. The maximum absolute atomic E-state index is 13.1. The van der Waals surface area contributed by atoms with Gasteiger partial charge in [0, 0.05) is 25.7 Å². The molecule has 0 fully saturated rings. The summed E-state index contributed by atoms with van der Waals surface area (Å²) < 4.78 is 68.7. The topological polar surface area (TPSA) is 237 Å². The molecule has 0 heterocycles. The lowest BCUT2D eigenvalue weighted by Gasteiger charge is -2.21. The Hall–Kier alpha value is -1.94. The lowest BCUT2D eigenvalue weighted by atomic mass is 10.0. The molecule has 0 aromatic rings. The minimum atomic E-state index is -4.96. The number of ether oxygens (including phenoxy) is 4. The van der Waals surface area contributed by atoms with Crippen LogP contribution < -0.4 is 0 Å². The highest BCUT2D eigenvalue weighted by Crippen LogP contribution is 2.45. The van der Waals surface area contributed by atoms with E-state index in [2.05, 4.69) is 34.6 Å². The Bertz CT molecular complexity index is 1890. The highest BCUT2D eigenvalue weighted by molar-refractivity contribution is 7.47. The van der Waals surface area contributed by atoms with Crippen LogP contribution in [0.2, 0.25) is 0 Å². The molecule has 3 N–H and O–H groups in total. The van der Waals surface area contributed by atoms with Crippen molar-refractivity contribution in [2.45, 2.75) is 445 Å². The number of unbranched alkanes of at least 4 members (excludes halogenated alkanes) is 52. The number of rotatable bonds is 80. The number of carbonyl (C=O) groups is 4. The fraction of sp³-hybridized carbons (Fsp3) is 0.950. The van der Waals surface area contributed by atoms with E-state index in [1.165, 1.54) is 250 Å². The van der Waals surface area contributed by atoms with Crippen molar-refractivity contribution in [3.63, 3.8) is 0 Å². The Morgan fingerprint density at radius 1 is 0.273 bits per heavy atom. The van der Waals surface area contributed by atoms with E-state index in [0.717, 1.165) is 95.8 Å². The van der Waals surface area contributed by atoms with E-state index >= 15 is 0 Å². The molecule has 0 aliphatic rings. The van der Waals surface area contributed by atoms with Gasteiger partial charge in [-0.2, -0.15) is 0 Å². The quantitative estimate of drug-likeness (QED) is 0.0222. The Morgan fingerprint density at radius 2 is 0.465 bits per heavy atom. The standard InChI is InChI=1S/C80H156O17P2/c1-6-9-12-15-18-21-24-27-29-35-39-44-49-54-59-64-78(83)91-70-76(97-80(85)66-61-56-51-46-41-36-31-28-30-34-37-42-47-52-57-62-73(4)5)72-95-99(88,89)93-68-74(81)67-92-98(86,87)94-71-75(96-79(84)65-60-55-50-45-40-33-26-23-20-17-14-11-8-3)69-90-77(82)63-58-53-48-43-38-32-25-22-19-16-13-10-7-2/h73-76,81H,6-72H2,1-5H3,(H,86,87)(H,88,89)/t74-,75+,76+/m0/s1. The maximum atomic E-state index is 13.1. The molecule has 99 heavy (non-hydrogen) atoms. The average molecular weight is 1450 g/mol. The summed E-state index contributed by atoms with van der Waals surface area (Å²) in [6.45, 7) is 7.36. The Balaban J connectivity index is 5.26. The fourth-order valence-electron chi connectivity index (χ4n) is 12.4. The summed E-state index contributed by atoms with van der Waals surface area (Å²) in [5, 5.41) is 10.6. The van der Waals surface area contributed by atoms with Crippen LogP contribution >= 0.6 is 15.6 Å². The van der Waals surface area contributed by atoms with Gasteiger partial charge in [-0.15, -0.1) is 0 Å². The van der Waals surface area contributed by atoms with Gasteiger partial charge in [0.1, 0.15) is 19.3 Å². The molecule has 0 amide bonds. The molecule has 0 saturated heterocycles. The van der Waals surface area contributed by atoms with Gasteiger partial charge in [-0.05, 0) is 31.6 Å². The first kappa shape index (κ1) is 97.1. The van der Waals surface area contributed by atoms with E-state index in [4.69, 9.17) is 37.0 Å². The first-order valence-electron chi connectivity index (χ1n) is 41.6. The predicted molar refractivity (Wildman–Crippen MR) is 405 cm³/mol. The van der Waals surface area contributed by atoms with Crippen molar-refractivity contribution in [1.29, 1.82) is 0 Å². The molecule has 0 spiro atoms. The third-order valence-electron chi connectivity index (χ3n) is 18.8. The van der Waals surface area contributed by atoms with E-state index in [-0.39, 0.29) is 25.7 Å². The number of aliphatic hydroxyl groups is 1. The molecule has 19 heteroatoms. The molecule has 0 saturated carbocycles. The number of hydrogen-bond acceptors (Lipinski definition) is 15. The second kappa shape index (κ2) is 73.0. The molecular weight excluding hydrogens is 1290 g/mol. The first-order valence-corrected chi connectivity index (χ1v) is 44.6. The van der Waals surface area contributed by atoms with Crippen molar-refractivity contribution in [2.75, 3.05) is 39.6 Å². The summed E-state index contributed by atoms with van der Waals surface area (Å²) in [5.74, 6) is -1.30. The van der Waals surface area contributed by atoms with Crippen molar-refractivity contribution in [3.8, 4) is 0 Å². The molecule has 0 aliphatic heterocycles. The largest absolute Gasteiger partial charge is 0.472 e. The minimum absolute atomic E-state index is 0.108. The minimum Gasteiger partial charge on any atom is -0.462 e. The smallest absolute Gasteiger partial charge is 0.462 e. The third kappa shape index (κ3) is 74.1. The highest BCUT2D eigenvalue weighted by atomic mass is 31.2. The van der Waals surface area contributed by atoms with Crippen molar-refractivity contribution in [2.24, 2.45) is 5.92 Å². The van der Waals surface area contributed by atoms with E-state index in [9.17, 15) is 43.2 Å². The van der Waals surface area contributed by atoms with Crippen LogP contribution in [-0.4, -0.2) is 96.7 Å². The molecule has 0 rings (SSSR count). The zero-order valence-corrected chi connectivity index (χ0v) is 66.4. The first-order chi connectivity index (χ1) is 48.0. The van der Waals surface area contributed by atoms with Gasteiger partial charge in [0.2, 0.25) is 0 Å². The van der Waals surface area contributed by atoms with Crippen molar-refractivity contribution in [3.05, 3.63) is 0 Å². The zero-order chi connectivity index (χ0) is 72.7. The molecule has 0 aliphatic carbocycles. The number of aliphatic hydroxyl groups excluding tert-OH is 1. The normalized spacial score (nSPS) is 13.9. The van der Waals surface area contributed by atoms with Gasteiger partial charge in [-0.1, -0.05) is 375 Å². The molecule has 588 valence electrons. The zero-order valence-electron chi connectivity index (χ0n) is 64.6. The van der Waals surface area contributed by atoms with E-state index in [1.807, 2.05) is 0 Å². The lowest BCUT2D eigenvalue weighted by Crippen LogP contribution is -2.30. The second-order valence-corrected chi connectivity index (χ2v) is 32.2. The predicted octanol–water partition coefficient (Wildman–Crippen LogP) is 24.0. The van der Waals surface area contributed by atoms with E-state index < -0.39 is 97.5 Å². The number of carbonyl (C=O) groups excluding carboxylic acids is 4. The molecule has 5 atom stereocenters. The summed E-state index contributed by atoms with van der Waals surface area (Å²) in [7, 11) is -9.92. The Kier molecular flexibility index (Phi) is 71.6. The van der Waals surface area contributed by atoms with Crippen molar-refractivity contribution >= 4 is 39.5 Å². The maximum Gasteiger partial charge on any atom is 0.472 e. The second-order valence-electron chi connectivity index (χ2n) is 29.3. The van der Waals surface area contributed by atoms with Crippen LogP contribution in [0.3, 0.4) is 0 Å². The molecular formula is C80H156O17P2. The van der Waals surface area contributed by atoms with Gasteiger partial charge in [-0.25, -0.2) is 9.13 Å². The van der Waals surface area contributed by atoms with Crippen molar-refractivity contribution in [1.82, 2.24) is 0 Å². The van der Waals surface area contributed by atoms with Crippen LogP contribution in [0.4, 0.5) is 0 Å². The van der Waals surface area contributed by atoms with Crippen molar-refractivity contribution < 1.29 is 80.2 Å². The third-order valence-corrected chi connectivity index (χ3v) is 20.7. The summed E-state index contributed by atoms with van der Waals surface area (Å²) in [6.07, 6.45) is 63.6. The molecule has 2 unspecified atom stereocenters.